The van der Waals surface area contributed by atoms with Crippen molar-refractivity contribution in [1.82, 2.24) is 4.98 Å². The SMILES string of the molecule is COc1ccc(Nc2cc(F)c(S(=O)(=O)Nc3cscn3)cc2Cl)c(N2CCCC2)c1. The fourth-order valence-electron chi connectivity index (χ4n) is 3.39. The van der Waals surface area contributed by atoms with E-state index in [1.54, 1.807) is 13.2 Å². The number of benzene rings is 2. The van der Waals surface area contributed by atoms with E-state index in [1.165, 1.54) is 22.2 Å². The molecule has 3 aromatic rings. The number of ether oxygens (including phenoxy) is 1. The Hall–Kier alpha value is -2.56. The molecule has 2 heterocycles. The molecule has 2 aromatic carbocycles. The number of nitrogens with one attached hydrogen (secondary N) is 2. The second-order valence-corrected chi connectivity index (χ2v) is 9.72. The lowest BCUT2D eigenvalue weighted by molar-refractivity contribution is 0.415. The van der Waals surface area contributed by atoms with Crippen molar-refractivity contribution in [3.8, 4) is 5.75 Å². The summed E-state index contributed by atoms with van der Waals surface area (Å²) in [6, 6.07) is 7.70. The van der Waals surface area contributed by atoms with Crippen LogP contribution in [0.25, 0.3) is 0 Å². The van der Waals surface area contributed by atoms with E-state index in [9.17, 15) is 12.8 Å². The third kappa shape index (κ3) is 4.70. The van der Waals surface area contributed by atoms with Gasteiger partial charge in [0.1, 0.15) is 16.5 Å². The molecule has 31 heavy (non-hydrogen) atoms. The van der Waals surface area contributed by atoms with Crippen molar-refractivity contribution in [3.63, 3.8) is 0 Å². The van der Waals surface area contributed by atoms with E-state index in [4.69, 9.17) is 16.3 Å². The zero-order valence-electron chi connectivity index (χ0n) is 16.6. The maximum atomic E-state index is 14.8. The summed E-state index contributed by atoms with van der Waals surface area (Å²) in [5.41, 5.74) is 3.37. The first-order chi connectivity index (χ1) is 14.9. The first kappa shape index (κ1) is 21.7. The molecule has 1 aromatic heterocycles. The van der Waals surface area contributed by atoms with Crippen LogP contribution in [0.4, 0.5) is 27.3 Å². The van der Waals surface area contributed by atoms with E-state index >= 15 is 0 Å². The second kappa shape index (κ2) is 8.89. The summed E-state index contributed by atoms with van der Waals surface area (Å²) < 4.78 is 47.5. The van der Waals surface area contributed by atoms with Crippen LogP contribution in [0.2, 0.25) is 5.02 Å². The maximum absolute atomic E-state index is 14.8. The van der Waals surface area contributed by atoms with Crippen LogP contribution in [0, 0.1) is 5.82 Å². The minimum atomic E-state index is -4.17. The zero-order valence-corrected chi connectivity index (χ0v) is 19.0. The summed E-state index contributed by atoms with van der Waals surface area (Å²) in [5.74, 6) is -0.0960. The van der Waals surface area contributed by atoms with Crippen molar-refractivity contribution >= 4 is 55.8 Å². The molecule has 0 radical (unpaired) electrons. The van der Waals surface area contributed by atoms with Crippen molar-refractivity contribution in [2.45, 2.75) is 17.7 Å². The molecule has 1 saturated heterocycles. The smallest absolute Gasteiger partial charge is 0.266 e. The van der Waals surface area contributed by atoms with Gasteiger partial charge < -0.3 is 15.0 Å². The lowest BCUT2D eigenvalue weighted by Crippen LogP contribution is -2.19. The molecule has 1 aliphatic heterocycles. The van der Waals surface area contributed by atoms with Crippen LogP contribution < -0.4 is 19.7 Å². The van der Waals surface area contributed by atoms with Crippen LogP contribution in [0.5, 0.6) is 5.75 Å². The Labute approximate surface area is 188 Å². The first-order valence-electron chi connectivity index (χ1n) is 9.47. The monoisotopic (exact) mass is 482 g/mol. The van der Waals surface area contributed by atoms with Gasteiger partial charge in [-0.3, -0.25) is 4.72 Å². The quantitative estimate of drug-likeness (QED) is 0.488. The first-order valence-corrected chi connectivity index (χ1v) is 12.3. The van der Waals surface area contributed by atoms with E-state index < -0.39 is 20.7 Å². The number of hydrogen-bond acceptors (Lipinski definition) is 7. The Morgan fingerprint density at radius 2 is 1.97 bits per heavy atom. The van der Waals surface area contributed by atoms with Gasteiger partial charge in [0.15, 0.2) is 5.82 Å². The van der Waals surface area contributed by atoms with Crippen LogP contribution in [-0.2, 0) is 10.0 Å². The number of methoxy groups -OCH3 is 1. The molecule has 0 spiro atoms. The minimum Gasteiger partial charge on any atom is -0.497 e. The number of thiazole rings is 1. The molecular weight excluding hydrogens is 463 g/mol. The van der Waals surface area contributed by atoms with Crippen molar-refractivity contribution in [1.29, 1.82) is 0 Å². The Morgan fingerprint density at radius 3 is 2.65 bits per heavy atom. The fourth-order valence-corrected chi connectivity index (χ4v) is 5.31. The number of nitrogens with zero attached hydrogens (tertiary/aromatic N) is 2. The molecule has 7 nitrogen and oxygen atoms in total. The van der Waals surface area contributed by atoms with Gasteiger partial charge in [0.25, 0.3) is 10.0 Å². The molecule has 4 rings (SSSR count). The van der Waals surface area contributed by atoms with Crippen LogP contribution in [0.1, 0.15) is 12.8 Å². The standard InChI is InChI=1S/C20H20ClFN4O3S2/c1-29-13-4-5-16(18(8-13)26-6-2-3-7-26)24-17-10-15(22)19(9-14(17)21)31(27,28)25-20-11-30-12-23-20/h4-5,8-12,24-25H,2-3,6-7H2,1H3. The molecule has 1 fully saturated rings. The fraction of sp³-hybridized carbons (Fsp3) is 0.250. The van der Waals surface area contributed by atoms with Gasteiger partial charge in [0, 0.05) is 30.6 Å². The zero-order chi connectivity index (χ0) is 22.0. The minimum absolute atomic E-state index is 0.0724. The molecule has 0 unspecified atom stereocenters. The van der Waals surface area contributed by atoms with E-state index in [0.29, 0.717) is 5.75 Å². The van der Waals surface area contributed by atoms with Crippen molar-refractivity contribution in [3.05, 3.63) is 52.1 Å². The Kier molecular flexibility index (Phi) is 6.22. The highest BCUT2D eigenvalue weighted by atomic mass is 35.5. The van der Waals surface area contributed by atoms with Gasteiger partial charge in [0.2, 0.25) is 0 Å². The third-order valence-electron chi connectivity index (χ3n) is 4.90. The molecule has 11 heteroatoms. The average Bonchev–Trinajstić information content (AvgIpc) is 3.44. The number of halogens is 2. The maximum Gasteiger partial charge on any atom is 0.266 e. The van der Waals surface area contributed by atoms with Gasteiger partial charge in [0.05, 0.1) is 34.7 Å². The molecule has 0 saturated carbocycles. The van der Waals surface area contributed by atoms with Gasteiger partial charge in [-0.25, -0.2) is 17.8 Å². The second-order valence-electron chi connectivity index (χ2n) is 6.94. The summed E-state index contributed by atoms with van der Waals surface area (Å²) in [6.45, 7) is 1.81. The summed E-state index contributed by atoms with van der Waals surface area (Å²) >= 11 is 7.56. The van der Waals surface area contributed by atoms with Crippen LogP contribution in [0.15, 0.2) is 46.1 Å². The van der Waals surface area contributed by atoms with Gasteiger partial charge in [-0.1, -0.05) is 11.6 Å². The van der Waals surface area contributed by atoms with E-state index in [0.717, 1.165) is 49.4 Å². The number of hydrogen-bond donors (Lipinski definition) is 2. The van der Waals surface area contributed by atoms with Crippen molar-refractivity contribution < 1.29 is 17.5 Å². The largest absolute Gasteiger partial charge is 0.497 e. The Bertz CT molecular complexity index is 1180. The number of sulfonamides is 1. The highest BCUT2D eigenvalue weighted by molar-refractivity contribution is 7.92. The summed E-state index contributed by atoms with van der Waals surface area (Å²) in [4.78, 5) is 5.52. The van der Waals surface area contributed by atoms with Gasteiger partial charge >= 0.3 is 0 Å². The molecule has 164 valence electrons. The lowest BCUT2D eigenvalue weighted by Gasteiger charge is -2.23. The van der Waals surface area contributed by atoms with Crippen LogP contribution in [-0.4, -0.2) is 33.6 Å². The van der Waals surface area contributed by atoms with Gasteiger partial charge in [-0.05, 0) is 31.0 Å². The molecule has 0 amide bonds. The van der Waals surface area contributed by atoms with Crippen LogP contribution in [0.3, 0.4) is 0 Å². The number of anilines is 4. The normalized spacial score (nSPS) is 14.0. The molecule has 0 aliphatic carbocycles. The summed E-state index contributed by atoms with van der Waals surface area (Å²) in [7, 11) is -2.58. The van der Waals surface area contributed by atoms with Gasteiger partial charge in [-0.2, -0.15) is 0 Å². The predicted molar refractivity (Wildman–Crippen MR) is 122 cm³/mol. The summed E-state index contributed by atoms with van der Waals surface area (Å²) in [5, 5.41) is 4.72. The van der Waals surface area contributed by atoms with Crippen LogP contribution >= 0.6 is 22.9 Å². The average molecular weight is 483 g/mol. The van der Waals surface area contributed by atoms with E-state index in [-0.39, 0.29) is 16.5 Å². The Morgan fingerprint density at radius 1 is 1.19 bits per heavy atom. The highest BCUT2D eigenvalue weighted by Gasteiger charge is 2.23. The number of aromatic nitrogens is 1. The molecular formula is C20H20ClFN4O3S2. The Balaban J connectivity index is 1.65. The topological polar surface area (TPSA) is 83.6 Å². The third-order valence-corrected chi connectivity index (χ3v) is 7.17. The molecule has 0 bridgehead atoms. The lowest BCUT2D eigenvalue weighted by atomic mass is 10.2. The van der Waals surface area contributed by atoms with Crippen molar-refractivity contribution in [2.24, 2.45) is 0 Å². The van der Waals surface area contributed by atoms with E-state index in [1.807, 2.05) is 12.1 Å². The predicted octanol–water partition coefficient (Wildman–Crippen LogP) is 5.09. The molecule has 0 atom stereocenters. The van der Waals surface area contributed by atoms with E-state index in [2.05, 4.69) is 19.9 Å². The van der Waals surface area contributed by atoms with Crippen molar-refractivity contribution in [2.75, 3.05) is 35.1 Å². The van der Waals surface area contributed by atoms with Gasteiger partial charge in [-0.15, -0.1) is 11.3 Å². The molecule has 1 aliphatic rings. The summed E-state index contributed by atoms with van der Waals surface area (Å²) in [6.07, 6.45) is 2.18. The highest BCUT2D eigenvalue weighted by Crippen LogP contribution is 2.37. The molecule has 2 N–H and O–H groups in total. The number of rotatable bonds is 7.